The molecule has 0 N–H and O–H groups in total. The molecule has 1 unspecified atom stereocenters. The number of benzene rings is 1. The van der Waals surface area contributed by atoms with Crippen LogP contribution in [-0.2, 0) is 11.8 Å². The van der Waals surface area contributed by atoms with Crippen molar-refractivity contribution in [2.75, 3.05) is 11.4 Å². The number of halogens is 1. The average molecular weight is 367 g/mol. The molecule has 0 aliphatic carbocycles. The van der Waals surface area contributed by atoms with E-state index in [9.17, 15) is 10.1 Å². The van der Waals surface area contributed by atoms with Crippen LogP contribution in [0.2, 0.25) is 0 Å². The molecule has 1 aromatic carbocycles. The molecule has 0 bridgehead atoms. The second-order valence-electron chi connectivity index (χ2n) is 5.13. The van der Waals surface area contributed by atoms with Gasteiger partial charge in [-0.2, -0.15) is 0 Å². The Morgan fingerprint density at radius 2 is 2.29 bits per heavy atom. The number of nitro benzene ring substituents is 1. The number of nitro groups is 1. The lowest BCUT2D eigenvalue weighted by Crippen LogP contribution is -2.33. The molecule has 21 heavy (non-hydrogen) atoms. The van der Waals surface area contributed by atoms with Crippen molar-refractivity contribution in [1.29, 1.82) is 0 Å². The Labute approximate surface area is 135 Å². The highest BCUT2D eigenvalue weighted by Gasteiger charge is 2.29. The van der Waals surface area contributed by atoms with Gasteiger partial charge in [0.05, 0.1) is 11.0 Å². The average Bonchev–Trinajstić information content (AvgIpc) is 2.96. The largest absolute Gasteiger partial charge is 0.359 e. The first-order chi connectivity index (χ1) is 10.1. The topological polar surface area (TPSA) is 46.4 Å². The van der Waals surface area contributed by atoms with Crippen molar-refractivity contribution < 1.29 is 4.92 Å². The summed E-state index contributed by atoms with van der Waals surface area (Å²) < 4.78 is 0. The summed E-state index contributed by atoms with van der Waals surface area (Å²) in [5.74, 6) is 0. The van der Waals surface area contributed by atoms with E-state index in [2.05, 4.69) is 39.2 Å². The predicted octanol–water partition coefficient (Wildman–Crippen LogP) is 4.67. The summed E-state index contributed by atoms with van der Waals surface area (Å²) in [5, 5.41) is 14.1. The summed E-state index contributed by atoms with van der Waals surface area (Å²) in [5.41, 5.74) is 3.13. The fourth-order valence-corrected chi connectivity index (χ4v) is 4.19. The number of fused-ring (bicyclic) bond motifs is 1. The van der Waals surface area contributed by atoms with E-state index in [0.717, 1.165) is 18.5 Å². The Morgan fingerprint density at radius 1 is 1.48 bits per heavy atom. The second kappa shape index (κ2) is 5.77. The molecular weight excluding hydrogens is 352 g/mol. The van der Waals surface area contributed by atoms with E-state index >= 15 is 0 Å². The van der Waals surface area contributed by atoms with Gasteiger partial charge in [0.25, 0.3) is 5.69 Å². The maximum absolute atomic E-state index is 11.4. The third-order valence-corrected chi connectivity index (χ3v) is 5.62. The van der Waals surface area contributed by atoms with Crippen molar-refractivity contribution in [3.8, 4) is 0 Å². The van der Waals surface area contributed by atoms with Gasteiger partial charge in [0.15, 0.2) is 0 Å². The molecule has 0 saturated heterocycles. The molecule has 2 heterocycles. The van der Waals surface area contributed by atoms with Crippen LogP contribution in [0.3, 0.4) is 0 Å². The van der Waals surface area contributed by atoms with Crippen molar-refractivity contribution in [2.24, 2.45) is 0 Å². The lowest BCUT2D eigenvalue weighted by atomic mass is 10.00. The minimum absolute atomic E-state index is 0.175. The van der Waals surface area contributed by atoms with Crippen LogP contribution < -0.4 is 4.90 Å². The first-order valence-corrected chi connectivity index (χ1v) is 8.78. The Morgan fingerprint density at radius 3 is 3.00 bits per heavy atom. The van der Waals surface area contributed by atoms with Crippen molar-refractivity contribution in [1.82, 2.24) is 0 Å². The van der Waals surface area contributed by atoms with E-state index in [-0.39, 0.29) is 16.7 Å². The fourth-order valence-electron chi connectivity index (χ4n) is 2.88. The van der Waals surface area contributed by atoms with Crippen LogP contribution in [-0.4, -0.2) is 11.5 Å². The van der Waals surface area contributed by atoms with Crippen molar-refractivity contribution >= 4 is 38.6 Å². The Balaban J connectivity index is 2.03. The normalized spacial score (nSPS) is 17.6. The number of nitrogens with zero attached hydrogens (tertiary/aromatic N) is 2. The van der Waals surface area contributed by atoms with E-state index in [1.54, 1.807) is 17.4 Å². The third-order valence-electron chi connectivity index (χ3n) is 3.98. The molecule has 1 aromatic heterocycles. The van der Waals surface area contributed by atoms with Gasteiger partial charge in [0.2, 0.25) is 0 Å². The molecule has 110 valence electrons. The van der Waals surface area contributed by atoms with Gasteiger partial charge in [-0.15, -0.1) is 11.3 Å². The molecule has 6 heteroatoms. The number of thiophene rings is 1. The molecule has 0 fully saturated rings. The van der Waals surface area contributed by atoms with Crippen molar-refractivity contribution in [2.45, 2.75) is 24.7 Å². The van der Waals surface area contributed by atoms with Gasteiger partial charge in [-0.05, 0) is 42.0 Å². The molecule has 3 rings (SSSR count). The van der Waals surface area contributed by atoms with E-state index in [1.165, 1.54) is 10.4 Å². The maximum atomic E-state index is 11.4. The molecule has 0 spiro atoms. The van der Waals surface area contributed by atoms with Crippen molar-refractivity contribution in [3.05, 3.63) is 55.8 Å². The molecule has 4 nitrogen and oxygen atoms in total. The smallest absolute Gasteiger partial charge is 0.292 e. The summed E-state index contributed by atoms with van der Waals surface area (Å²) in [6.07, 6.45) is 0.953. The first kappa shape index (κ1) is 14.5. The zero-order valence-corrected chi connectivity index (χ0v) is 14.0. The van der Waals surface area contributed by atoms with Gasteiger partial charge in [-0.1, -0.05) is 22.0 Å². The zero-order valence-electron chi connectivity index (χ0n) is 11.6. The molecule has 1 aliphatic heterocycles. The van der Waals surface area contributed by atoms with E-state index in [4.69, 9.17) is 0 Å². The minimum Gasteiger partial charge on any atom is -0.359 e. The van der Waals surface area contributed by atoms with Crippen LogP contribution in [0.15, 0.2) is 29.6 Å². The molecule has 2 aromatic rings. The van der Waals surface area contributed by atoms with Gasteiger partial charge in [0, 0.05) is 22.8 Å². The van der Waals surface area contributed by atoms with Crippen LogP contribution in [0.4, 0.5) is 11.4 Å². The van der Waals surface area contributed by atoms with Gasteiger partial charge in [-0.25, -0.2) is 0 Å². The maximum Gasteiger partial charge on any atom is 0.292 e. The summed E-state index contributed by atoms with van der Waals surface area (Å²) >= 11 is 5.13. The SMILES string of the molecule is CC1c2ccsc2CCN1c1ccc(CBr)cc1[N+](=O)[O-]. The summed E-state index contributed by atoms with van der Waals surface area (Å²) in [4.78, 5) is 14.7. The standard InChI is InChI=1S/C15H15BrN2O2S/c1-10-12-5-7-21-15(12)4-6-17(10)13-3-2-11(9-16)8-14(13)18(19)20/h2-3,5,7-8,10H,4,6,9H2,1H3. The molecule has 1 aliphatic rings. The second-order valence-corrected chi connectivity index (χ2v) is 6.69. The number of hydrogen-bond acceptors (Lipinski definition) is 4. The highest BCUT2D eigenvalue weighted by atomic mass is 79.9. The van der Waals surface area contributed by atoms with Crippen LogP contribution in [0.5, 0.6) is 0 Å². The van der Waals surface area contributed by atoms with Crippen molar-refractivity contribution in [3.63, 3.8) is 0 Å². The molecule has 0 radical (unpaired) electrons. The molecule has 0 saturated carbocycles. The predicted molar refractivity (Wildman–Crippen MR) is 89.5 cm³/mol. The molecule has 0 amide bonds. The van der Waals surface area contributed by atoms with E-state index in [1.807, 2.05) is 12.1 Å². The monoisotopic (exact) mass is 366 g/mol. The Hall–Kier alpha value is -1.40. The minimum atomic E-state index is -0.280. The third kappa shape index (κ3) is 2.58. The van der Waals surface area contributed by atoms with Gasteiger partial charge >= 0.3 is 0 Å². The number of anilines is 1. The summed E-state index contributed by atoms with van der Waals surface area (Å²) in [6, 6.07) is 7.80. The van der Waals surface area contributed by atoms with Crippen LogP contribution in [0.1, 0.15) is 29.0 Å². The lowest BCUT2D eigenvalue weighted by Gasteiger charge is -2.35. The van der Waals surface area contributed by atoms with Crippen LogP contribution >= 0.6 is 27.3 Å². The Bertz CT molecular complexity index is 686. The molecular formula is C15H15BrN2O2S. The highest BCUT2D eigenvalue weighted by molar-refractivity contribution is 9.08. The fraction of sp³-hybridized carbons (Fsp3) is 0.333. The molecule has 1 atom stereocenters. The number of alkyl halides is 1. The van der Waals surface area contributed by atoms with E-state index in [0.29, 0.717) is 11.0 Å². The number of hydrogen-bond donors (Lipinski definition) is 0. The Kier molecular flexibility index (Phi) is 3.99. The van der Waals surface area contributed by atoms with Gasteiger partial charge in [-0.3, -0.25) is 10.1 Å². The number of rotatable bonds is 3. The van der Waals surface area contributed by atoms with Gasteiger partial charge in [0.1, 0.15) is 5.69 Å². The highest BCUT2D eigenvalue weighted by Crippen LogP contribution is 2.40. The quantitative estimate of drug-likeness (QED) is 0.450. The van der Waals surface area contributed by atoms with Crippen LogP contribution in [0.25, 0.3) is 0 Å². The van der Waals surface area contributed by atoms with Crippen LogP contribution in [0, 0.1) is 10.1 Å². The summed E-state index contributed by atoms with van der Waals surface area (Å²) in [6.45, 7) is 2.94. The van der Waals surface area contributed by atoms with Gasteiger partial charge < -0.3 is 4.90 Å². The summed E-state index contributed by atoms with van der Waals surface area (Å²) in [7, 11) is 0. The van der Waals surface area contributed by atoms with E-state index < -0.39 is 0 Å². The lowest BCUT2D eigenvalue weighted by molar-refractivity contribution is -0.384. The first-order valence-electron chi connectivity index (χ1n) is 6.78. The zero-order chi connectivity index (χ0) is 15.0.